The number of hydrogen-bond donors (Lipinski definition) is 1. The Kier molecular flexibility index (Phi) is 6.38. The van der Waals surface area contributed by atoms with Gasteiger partial charge in [0.25, 0.3) is 5.56 Å². The largest absolute Gasteiger partial charge is 0.369 e. The van der Waals surface area contributed by atoms with Crippen LogP contribution in [0.25, 0.3) is 10.9 Å². The van der Waals surface area contributed by atoms with Crippen molar-refractivity contribution < 1.29 is 0 Å². The zero-order valence-corrected chi connectivity index (χ0v) is 21.8. The molecule has 0 bridgehead atoms. The van der Waals surface area contributed by atoms with E-state index >= 15 is 0 Å². The lowest BCUT2D eigenvalue weighted by Crippen LogP contribution is -2.49. The van der Waals surface area contributed by atoms with Crippen molar-refractivity contribution in [3.63, 3.8) is 0 Å². The van der Waals surface area contributed by atoms with E-state index in [4.69, 9.17) is 0 Å². The molecule has 36 heavy (non-hydrogen) atoms. The number of benzene rings is 2. The first-order chi connectivity index (χ1) is 17.3. The standard InChI is InChI=1S/C28H35N7O/c1-6-28(4,5)35-26(30-31-32-35)25(34-14-12-33(13-15-34)22-10-8-7-9-11-22)23-18-21-16-19(2)20(3)17-24(21)29-27(23)36/h7-11,16-18,25H,6,12-15H2,1-5H3,(H,29,36)/t25-/m0/s1. The number of H-pyrrole nitrogens is 1. The smallest absolute Gasteiger partial charge is 0.253 e. The van der Waals surface area contributed by atoms with Crippen molar-refractivity contribution in [1.82, 2.24) is 30.1 Å². The summed E-state index contributed by atoms with van der Waals surface area (Å²) in [6.45, 7) is 13.9. The molecule has 1 saturated heterocycles. The average molecular weight is 486 g/mol. The van der Waals surface area contributed by atoms with Crippen LogP contribution in [0.2, 0.25) is 0 Å². The van der Waals surface area contributed by atoms with E-state index in [9.17, 15) is 4.79 Å². The minimum absolute atomic E-state index is 0.0925. The number of tetrazole rings is 1. The fourth-order valence-electron chi connectivity index (χ4n) is 5.02. The molecule has 2 aromatic carbocycles. The van der Waals surface area contributed by atoms with Crippen molar-refractivity contribution in [1.29, 1.82) is 0 Å². The van der Waals surface area contributed by atoms with Crippen molar-refractivity contribution in [3.05, 3.63) is 81.4 Å². The van der Waals surface area contributed by atoms with Gasteiger partial charge in [0.1, 0.15) is 6.04 Å². The summed E-state index contributed by atoms with van der Waals surface area (Å²) in [6.07, 6.45) is 0.867. The number of pyridine rings is 1. The van der Waals surface area contributed by atoms with Crippen LogP contribution in [0.5, 0.6) is 0 Å². The minimum atomic E-state index is -0.349. The lowest BCUT2D eigenvalue weighted by molar-refractivity contribution is 0.186. The van der Waals surface area contributed by atoms with Crippen LogP contribution in [0.4, 0.5) is 5.69 Å². The van der Waals surface area contributed by atoms with Crippen molar-refractivity contribution in [2.75, 3.05) is 31.1 Å². The monoisotopic (exact) mass is 485 g/mol. The lowest BCUT2D eigenvalue weighted by atomic mass is 9.98. The number of aryl methyl sites for hydroxylation is 2. The Morgan fingerprint density at radius 3 is 2.39 bits per heavy atom. The predicted octanol–water partition coefficient (Wildman–Crippen LogP) is 4.19. The van der Waals surface area contributed by atoms with Gasteiger partial charge in [-0.25, -0.2) is 4.68 Å². The van der Waals surface area contributed by atoms with Crippen LogP contribution in [-0.2, 0) is 5.54 Å². The highest BCUT2D eigenvalue weighted by atomic mass is 16.1. The molecule has 0 spiro atoms. The summed E-state index contributed by atoms with van der Waals surface area (Å²) in [5.74, 6) is 0.712. The molecule has 8 heteroatoms. The number of nitrogens with one attached hydrogen (secondary N) is 1. The summed E-state index contributed by atoms with van der Waals surface area (Å²) in [5, 5.41) is 14.0. The van der Waals surface area contributed by atoms with E-state index in [1.807, 2.05) is 22.9 Å². The van der Waals surface area contributed by atoms with Crippen LogP contribution in [0.15, 0.2) is 53.3 Å². The van der Waals surface area contributed by atoms with Crippen molar-refractivity contribution in [3.8, 4) is 0 Å². The Hall–Kier alpha value is -3.52. The molecule has 188 valence electrons. The molecule has 2 aromatic heterocycles. The third-order valence-electron chi connectivity index (χ3n) is 7.76. The molecule has 0 radical (unpaired) electrons. The normalized spacial score (nSPS) is 16.0. The zero-order chi connectivity index (χ0) is 25.4. The molecule has 4 aromatic rings. The van der Waals surface area contributed by atoms with Crippen molar-refractivity contribution >= 4 is 16.6 Å². The Morgan fingerprint density at radius 2 is 1.69 bits per heavy atom. The van der Waals surface area contributed by atoms with Crippen LogP contribution in [-0.4, -0.2) is 56.3 Å². The fraction of sp³-hybridized carbons (Fsp3) is 0.429. The number of aromatic amines is 1. The molecule has 1 fully saturated rings. The van der Waals surface area contributed by atoms with Gasteiger partial charge in [-0.3, -0.25) is 9.69 Å². The van der Waals surface area contributed by atoms with Gasteiger partial charge in [0, 0.05) is 42.9 Å². The molecule has 1 N–H and O–H groups in total. The molecule has 1 aliphatic rings. The Labute approximate surface area is 211 Å². The number of para-hydroxylation sites is 1. The number of hydrogen-bond acceptors (Lipinski definition) is 6. The minimum Gasteiger partial charge on any atom is -0.369 e. The fourth-order valence-corrected chi connectivity index (χ4v) is 5.02. The summed E-state index contributed by atoms with van der Waals surface area (Å²) in [5.41, 5.74) is 4.75. The molecule has 0 saturated carbocycles. The molecule has 0 amide bonds. The van der Waals surface area contributed by atoms with Gasteiger partial charge in [0.15, 0.2) is 5.82 Å². The number of nitrogens with zero attached hydrogens (tertiary/aromatic N) is 6. The highest BCUT2D eigenvalue weighted by molar-refractivity contribution is 5.81. The predicted molar refractivity (Wildman–Crippen MR) is 144 cm³/mol. The van der Waals surface area contributed by atoms with E-state index in [0.29, 0.717) is 11.4 Å². The number of piperazine rings is 1. The first kappa shape index (κ1) is 24.2. The molecule has 5 rings (SSSR count). The lowest BCUT2D eigenvalue weighted by Gasteiger charge is -2.40. The molecule has 3 heterocycles. The molecule has 0 aliphatic carbocycles. The van der Waals surface area contributed by atoms with E-state index in [1.54, 1.807) is 0 Å². The number of fused-ring (bicyclic) bond motifs is 1. The molecular formula is C28H35N7O. The van der Waals surface area contributed by atoms with E-state index in [1.165, 1.54) is 11.3 Å². The maximum absolute atomic E-state index is 13.6. The SMILES string of the molecule is CCC(C)(C)n1nnnc1[C@H](c1cc2cc(C)c(C)cc2[nH]c1=O)N1CCN(c2ccccc2)CC1. The van der Waals surface area contributed by atoms with E-state index in [-0.39, 0.29) is 17.1 Å². The van der Waals surface area contributed by atoms with Gasteiger partial charge in [0.2, 0.25) is 0 Å². The van der Waals surface area contributed by atoms with Gasteiger partial charge in [0.05, 0.1) is 5.54 Å². The Bertz CT molecular complexity index is 1420. The van der Waals surface area contributed by atoms with Gasteiger partial charge >= 0.3 is 0 Å². The quantitative estimate of drug-likeness (QED) is 0.441. The second-order valence-electron chi connectivity index (χ2n) is 10.5. The highest BCUT2D eigenvalue weighted by Gasteiger charge is 2.35. The summed E-state index contributed by atoms with van der Waals surface area (Å²) in [4.78, 5) is 21.4. The third-order valence-corrected chi connectivity index (χ3v) is 7.76. The first-order valence-corrected chi connectivity index (χ1v) is 12.8. The van der Waals surface area contributed by atoms with Gasteiger partial charge in [-0.1, -0.05) is 25.1 Å². The second kappa shape index (κ2) is 9.50. The molecular weight excluding hydrogens is 450 g/mol. The average Bonchev–Trinajstić information content (AvgIpc) is 3.37. The summed E-state index contributed by atoms with van der Waals surface area (Å²) in [6, 6.07) is 16.4. The maximum atomic E-state index is 13.6. The summed E-state index contributed by atoms with van der Waals surface area (Å²) < 4.78 is 1.91. The number of anilines is 1. The van der Waals surface area contributed by atoms with Gasteiger partial charge in [-0.15, -0.1) is 5.10 Å². The summed E-state index contributed by atoms with van der Waals surface area (Å²) >= 11 is 0. The van der Waals surface area contributed by atoms with E-state index in [0.717, 1.165) is 49.1 Å². The van der Waals surface area contributed by atoms with Crippen LogP contribution in [0.1, 0.15) is 55.7 Å². The van der Waals surface area contributed by atoms with E-state index in [2.05, 4.69) is 95.3 Å². The first-order valence-electron chi connectivity index (χ1n) is 12.8. The molecule has 0 unspecified atom stereocenters. The number of aromatic nitrogens is 5. The van der Waals surface area contributed by atoms with Gasteiger partial charge in [-0.05, 0) is 91.4 Å². The van der Waals surface area contributed by atoms with Crippen LogP contribution >= 0.6 is 0 Å². The molecule has 8 nitrogen and oxygen atoms in total. The van der Waals surface area contributed by atoms with Crippen molar-refractivity contribution in [2.45, 2.75) is 52.6 Å². The Morgan fingerprint density at radius 1 is 1.00 bits per heavy atom. The maximum Gasteiger partial charge on any atom is 0.253 e. The number of rotatable bonds is 6. The highest BCUT2D eigenvalue weighted by Crippen LogP contribution is 2.32. The van der Waals surface area contributed by atoms with Gasteiger partial charge in [-0.2, -0.15) is 0 Å². The summed E-state index contributed by atoms with van der Waals surface area (Å²) in [7, 11) is 0. The van der Waals surface area contributed by atoms with Crippen molar-refractivity contribution in [2.24, 2.45) is 0 Å². The second-order valence-corrected chi connectivity index (χ2v) is 10.5. The van der Waals surface area contributed by atoms with Gasteiger partial charge < -0.3 is 9.88 Å². The van der Waals surface area contributed by atoms with Crippen LogP contribution in [0.3, 0.4) is 0 Å². The Balaban J connectivity index is 1.59. The van der Waals surface area contributed by atoms with E-state index < -0.39 is 0 Å². The molecule has 1 aliphatic heterocycles. The third kappa shape index (κ3) is 4.41. The van der Waals surface area contributed by atoms with Crippen LogP contribution < -0.4 is 10.5 Å². The molecule has 1 atom stereocenters. The zero-order valence-electron chi connectivity index (χ0n) is 21.8. The van der Waals surface area contributed by atoms with Crippen LogP contribution in [0, 0.1) is 13.8 Å². The topological polar surface area (TPSA) is 82.9 Å².